The van der Waals surface area contributed by atoms with E-state index >= 15 is 0 Å². The molecule has 3 nitrogen and oxygen atoms in total. The Hall–Kier alpha value is -0.120. The largest absolute Gasteiger partial charge is 0.394 e. The van der Waals surface area contributed by atoms with Crippen LogP contribution in [-0.2, 0) is 4.74 Å². The van der Waals surface area contributed by atoms with Crippen molar-refractivity contribution < 1.29 is 9.84 Å². The predicted octanol–water partition coefficient (Wildman–Crippen LogP) is 1.69. The first-order valence-electron chi connectivity index (χ1n) is 6.07. The second kappa shape index (κ2) is 5.83. The lowest BCUT2D eigenvalue weighted by Gasteiger charge is -2.41. The summed E-state index contributed by atoms with van der Waals surface area (Å²) >= 11 is 0. The summed E-state index contributed by atoms with van der Waals surface area (Å²) in [5.41, 5.74) is -0.0511. The highest BCUT2D eigenvalue weighted by Crippen LogP contribution is 2.30. The molecular weight excluding hydrogens is 190 g/mol. The van der Waals surface area contributed by atoms with Crippen molar-refractivity contribution in [1.29, 1.82) is 0 Å². The minimum absolute atomic E-state index is 0.0511. The van der Waals surface area contributed by atoms with Gasteiger partial charge in [0.05, 0.1) is 12.7 Å². The lowest BCUT2D eigenvalue weighted by Crippen LogP contribution is -2.54. The van der Waals surface area contributed by atoms with Gasteiger partial charge in [-0.25, -0.2) is 0 Å². The lowest BCUT2D eigenvalue weighted by atomic mass is 9.80. The van der Waals surface area contributed by atoms with Gasteiger partial charge in [-0.2, -0.15) is 0 Å². The zero-order valence-electron chi connectivity index (χ0n) is 10.3. The molecule has 0 aromatic carbocycles. The van der Waals surface area contributed by atoms with Crippen LogP contribution < -0.4 is 5.32 Å². The van der Waals surface area contributed by atoms with Gasteiger partial charge in [0.25, 0.3) is 0 Å². The van der Waals surface area contributed by atoms with Gasteiger partial charge in [0, 0.05) is 18.7 Å². The second-order valence-electron chi connectivity index (χ2n) is 4.83. The first-order chi connectivity index (χ1) is 7.15. The van der Waals surface area contributed by atoms with Crippen LogP contribution in [0.4, 0.5) is 0 Å². The van der Waals surface area contributed by atoms with Gasteiger partial charge in [0.1, 0.15) is 0 Å². The standard InChI is InChI=1S/C12H25NO2/c1-4-10(2)13-12(9-14)7-5-11(15-3)6-8-12/h10-11,13-14H,4-9H2,1-3H3. The molecule has 1 rings (SSSR count). The van der Waals surface area contributed by atoms with E-state index in [4.69, 9.17) is 4.74 Å². The summed E-state index contributed by atoms with van der Waals surface area (Å²) in [4.78, 5) is 0. The molecule has 0 radical (unpaired) electrons. The topological polar surface area (TPSA) is 41.5 Å². The van der Waals surface area contributed by atoms with E-state index in [-0.39, 0.29) is 12.1 Å². The van der Waals surface area contributed by atoms with Crippen molar-refractivity contribution in [2.24, 2.45) is 0 Å². The fraction of sp³-hybridized carbons (Fsp3) is 1.00. The summed E-state index contributed by atoms with van der Waals surface area (Å²) < 4.78 is 5.35. The number of rotatable bonds is 5. The molecule has 1 atom stereocenters. The highest BCUT2D eigenvalue weighted by molar-refractivity contribution is 4.94. The smallest absolute Gasteiger partial charge is 0.0613 e. The molecule has 0 heterocycles. The third kappa shape index (κ3) is 3.44. The minimum Gasteiger partial charge on any atom is -0.394 e. The maximum Gasteiger partial charge on any atom is 0.0613 e. The lowest BCUT2D eigenvalue weighted by molar-refractivity contribution is 0.0195. The summed E-state index contributed by atoms with van der Waals surface area (Å²) in [5, 5.41) is 13.1. The van der Waals surface area contributed by atoms with E-state index in [0.717, 1.165) is 32.1 Å². The van der Waals surface area contributed by atoms with Crippen molar-refractivity contribution in [2.75, 3.05) is 13.7 Å². The van der Waals surface area contributed by atoms with Gasteiger partial charge in [0.15, 0.2) is 0 Å². The van der Waals surface area contributed by atoms with Gasteiger partial charge in [-0.15, -0.1) is 0 Å². The van der Waals surface area contributed by atoms with E-state index in [1.807, 2.05) is 0 Å². The van der Waals surface area contributed by atoms with Crippen LogP contribution in [0.2, 0.25) is 0 Å². The molecule has 1 saturated carbocycles. The normalized spacial score (nSPS) is 34.0. The summed E-state index contributed by atoms with van der Waals surface area (Å²) in [7, 11) is 1.78. The monoisotopic (exact) mass is 215 g/mol. The molecule has 0 aliphatic heterocycles. The molecular formula is C12H25NO2. The maximum atomic E-state index is 9.54. The molecule has 1 aliphatic rings. The molecule has 1 unspecified atom stereocenters. The first-order valence-corrected chi connectivity index (χ1v) is 6.07. The molecule has 1 aliphatic carbocycles. The molecule has 15 heavy (non-hydrogen) atoms. The third-order valence-corrected chi connectivity index (χ3v) is 3.69. The van der Waals surface area contributed by atoms with E-state index in [1.54, 1.807) is 7.11 Å². The molecule has 0 bridgehead atoms. The van der Waals surface area contributed by atoms with Crippen molar-refractivity contribution in [1.82, 2.24) is 5.32 Å². The molecule has 0 spiro atoms. The maximum absolute atomic E-state index is 9.54. The van der Waals surface area contributed by atoms with Crippen molar-refractivity contribution in [3.63, 3.8) is 0 Å². The van der Waals surface area contributed by atoms with Crippen LogP contribution in [-0.4, -0.2) is 36.5 Å². The fourth-order valence-electron chi connectivity index (χ4n) is 2.35. The van der Waals surface area contributed by atoms with Crippen LogP contribution >= 0.6 is 0 Å². The van der Waals surface area contributed by atoms with Crippen molar-refractivity contribution >= 4 is 0 Å². The van der Waals surface area contributed by atoms with Crippen molar-refractivity contribution in [3.8, 4) is 0 Å². The number of ether oxygens (including phenoxy) is 1. The van der Waals surface area contributed by atoms with E-state index in [2.05, 4.69) is 19.2 Å². The number of aliphatic hydroxyl groups is 1. The number of aliphatic hydroxyl groups excluding tert-OH is 1. The van der Waals surface area contributed by atoms with E-state index in [9.17, 15) is 5.11 Å². The van der Waals surface area contributed by atoms with E-state index in [0.29, 0.717) is 12.1 Å². The fourth-order valence-corrected chi connectivity index (χ4v) is 2.35. The van der Waals surface area contributed by atoms with Crippen LogP contribution in [0.3, 0.4) is 0 Å². The molecule has 3 heteroatoms. The van der Waals surface area contributed by atoms with Crippen LogP contribution in [0.25, 0.3) is 0 Å². The van der Waals surface area contributed by atoms with Gasteiger partial charge in [-0.3, -0.25) is 0 Å². The Kier molecular flexibility index (Phi) is 5.03. The Morgan fingerprint density at radius 2 is 2.07 bits per heavy atom. The number of methoxy groups -OCH3 is 1. The Labute approximate surface area is 93.2 Å². The Bertz CT molecular complexity index is 176. The number of hydrogen-bond acceptors (Lipinski definition) is 3. The Balaban J connectivity index is 2.48. The van der Waals surface area contributed by atoms with Crippen molar-refractivity contribution in [3.05, 3.63) is 0 Å². The van der Waals surface area contributed by atoms with Crippen LogP contribution in [0.1, 0.15) is 46.0 Å². The summed E-state index contributed by atoms with van der Waals surface area (Å²) in [6.45, 7) is 4.59. The Morgan fingerprint density at radius 1 is 1.47 bits per heavy atom. The van der Waals surface area contributed by atoms with Gasteiger partial charge < -0.3 is 15.2 Å². The molecule has 1 fully saturated rings. The first kappa shape index (κ1) is 12.9. The molecule has 2 N–H and O–H groups in total. The summed E-state index contributed by atoms with van der Waals surface area (Å²) in [6.07, 6.45) is 5.65. The molecule has 0 saturated heterocycles. The predicted molar refractivity (Wildman–Crippen MR) is 62.0 cm³/mol. The minimum atomic E-state index is -0.0511. The average molecular weight is 215 g/mol. The van der Waals surface area contributed by atoms with Gasteiger partial charge in [-0.1, -0.05) is 6.92 Å². The van der Waals surface area contributed by atoms with Gasteiger partial charge >= 0.3 is 0 Å². The molecule has 0 aromatic heterocycles. The van der Waals surface area contributed by atoms with Crippen LogP contribution in [0, 0.1) is 0 Å². The van der Waals surface area contributed by atoms with Crippen LogP contribution in [0.15, 0.2) is 0 Å². The quantitative estimate of drug-likeness (QED) is 0.733. The highest BCUT2D eigenvalue weighted by atomic mass is 16.5. The molecule has 0 aromatic rings. The molecule has 0 amide bonds. The number of nitrogens with one attached hydrogen (secondary N) is 1. The summed E-state index contributed by atoms with van der Waals surface area (Å²) in [6, 6.07) is 0.483. The average Bonchev–Trinajstić information content (AvgIpc) is 2.30. The SMILES string of the molecule is CCC(C)NC1(CO)CCC(OC)CC1. The number of hydrogen-bond donors (Lipinski definition) is 2. The third-order valence-electron chi connectivity index (χ3n) is 3.69. The van der Waals surface area contributed by atoms with Gasteiger partial charge in [-0.05, 0) is 39.0 Å². The second-order valence-corrected chi connectivity index (χ2v) is 4.83. The van der Waals surface area contributed by atoms with E-state index < -0.39 is 0 Å². The molecule has 90 valence electrons. The summed E-state index contributed by atoms with van der Waals surface area (Å²) in [5.74, 6) is 0. The van der Waals surface area contributed by atoms with Crippen molar-refractivity contribution in [2.45, 2.75) is 63.6 Å². The van der Waals surface area contributed by atoms with E-state index in [1.165, 1.54) is 0 Å². The zero-order chi connectivity index (χ0) is 11.3. The zero-order valence-corrected chi connectivity index (χ0v) is 10.3. The highest BCUT2D eigenvalue weighted by Gasteiger charge is 2.35. The van der Waals surface area contributed by atoms with Crippen LogP contribution in [0.5, 0.6) is 0 Å². The Morgan fingerprint density at radius 3 is 2.47 bits per heavy atom. The van der Waals surface area contributed by atoms with Gasteiger partial charge in [0.2, 0.25) is 0 Å².